The van der Waals surface area contributed by atoms with E-state index in [-0.39, 0.29) is 5.56 Å². The Morgan fingerprint density at radius 2 is 1.70 bits per heavy atom. The van der Waals surface area contributed by atoms with Gasteiger partial charge in [-0.1, -0.05) is 29.8 Å². The average molecular weight is 313 g/mol. The Morgan fingerprint density at radius 1 is 1.04 bits per heavy atom. The number of rotatable bonds is 5. The number of carbonyl (C=O) groups excluding carboxylic acids is 2. The van der Waals surface area contributed by atoms with Gasteiger partial charge in [-0.3, -0.25) is 4.79 Å². The van der Waals surface area contributed by atoms with Crippen LogP contribution in [0, 0.1) is 6.92 Å². The summed E-state index contributed by atoms with van der Waals surface area (Å²) in [7, 11) is 1.47. The highest BCUT2D eigenvalue weighted by Crippen LogP contribution is 2.19. The van der Waals surface area contributed by atoms with Crippen molar-refractivity contribution in [1.29, 1.82) is 0 Å². The standard InChI is InChI=1S/C18H19NO4/c1-12-8-10-14(11-9-12)19-17(20)13(2)23-18(21)15-6-4-5-7-16(15)22-3/h4-11,13H,1-3H3,(H,19,20)/t13-/m1/s1. The van der Waals surface area contributed by atoms with E-state index in [0.29, 0.717) is 11.4 Å². The lowest BCUT2D eigenvalue weighted by atomic mass is 10.2. The summed E-state index contributed by atoms with van der Waals surface area (Å²) in [5.74, 6) is -0.588. The number of para-hydroxylation sites is 1. The molecular formula is C18H19NO4. The zero-order chi connectivity index (χ0) is 16.8. The van der Waals surface area contributed by atoms with Gasteiger partial charge in [-0.15, -0.1) is 0 Å². The Hall–Kier alpha value is -2.82. The van der Waals surface area contributed by atoms with Crippen molar-refractivity contribution in [3.05, 3.63) is 59.7 Å². The normalized spacial score (nSPS) is 11.4. The molecule has 5 heteroatoms. The van der Waals surface area contributed by atoms with Gasteiger partial charge < -0.3 is 14.8 Å². The van der Waals surface area contributed by atoms with Gasteiger partial charge in [-0.25, -0.2) is 4.79 Å². The summed E-state index contributed by atoms with van der Waals surface area (Å²) in [4.78, 5) is 24.3. The Bertz CT molecular complexity index is 694. The summed E-state index contributed by atoms with van der Waals surface area (Å²) in [6, 6.07) is 14.1. The van der Waals surface area contributed by atoms with E-state index in [1.807, 2.05) is 19.1 Å². The maximum atomic E-state index is 12.2. The van der Waals surface area contributed by atoms with Crippen molar-refractivity contribution in [3.63, 3.8) is 0 Å². The molecule has 1 atom stereocenters. The molecule has 2 aromatic rings. The van der Waals surface area contributed by atoms with E-state index < -0.39 is 18.0 Å². The maximum absolute atomic E-state index is 12.2. The molecule has 0 aliphatic carbocycles. The van der Waals surface area contributed by atoms with E-state index in [0.717, 1.165) is 5.56 Å². The Kier molecular flexibility index (Phi) is 5.36. The van der Waals surface area contributed by atoms with Gasteiger partial charge in [0.1, 0.15) is 11.3 Å². The molecule has 0 saturated heterocycles. The highest BCUT2D eigenvalue weighted by atomic mass is 16.5. The molecule has 0 radical (unpaired) electrons. The fourth-order valence-electron chi connectivity index (χ4n) is 1.97. The lowest BCUT2D eigenvalue weighted by Gasteiger charge is -2.14. The molecule has 0 spiro atoms. The van der Waals surface area contributed by atoms with Crippen LogP contribution < -0.4 is 10.1 Å². The van der Waals surface area contributed by atoms with Gasteiger partial charge in [0.05, 0.1) is 7.11 Å². The van der Waals surface area contributed by atoms with Crippen LogP contribution in [0.1, 0.15) is 22.8 Å². The molecule has 5 nitrogen and oxygen atoms in total. The maximum Gasteiger partial charge on any atom is 0.342 e. The summed E-state index contributed by atoms with van der Waals surface area (Å²) in [5, 5.41) is 2.71. The number of ether oxygens (including phenoxy) is 2. The first-order valence-corrected chi connectivity index (χ1v) is 7.23. The largest absolute Gasteiger partial charge is 0.496 e. The zero-order valence-corrected chi connectivity index (χ0v) is 13.3. The Labute approximate surface area is 135 Å². The van der Waals surface area contributed by atoms with Crippen molar-refractivity contribution >= 4 is 17.6 Å². The minimum absolute atomic E-state index is 0.282. The third-order valence-electron chi connectivity index (χ3n) is 3.30. The third-order valence-corrected chi connectivity index (χ3v) is 3.30. The predicted octanol–water partition coefficient (Wildman–Crippen LogP) is 3.19. The van der Waals surface area contributed by atoms with Crippen LogP contribution in [-0.4, -0.2) is 25.1 Å². The second-order valence-corrected chi connectivity index (χ2v) is 5.10. The van der Waals surface area contributed by atoms with Crippen molar-refractivity contribution in [1.82, 2.24) is 0 Å². The fourth-order valence-corrected chi connectivity index (χ4v) is 1.97. The van der Waals surface area contributed by atoms with Crippen LogP contribution in [0.2, 0.25) is 0 Å². The summed E-state index contributed by atoms with van der Waals surface area (Å²) in [6.45, 7) is 3.49. The first kappa shape index (κ1) is 16.5. The second-order valence-electron chi connectivity index (χ2n) is 5.10. The molecule has 120 valence electrons. The van der Waals surface area contributed by atoms with Gasteiger partial charge in [0.15, 0.2) is 6.10 Å². The molecule has 2 rings (SSSR count). The molecule has 23 heavy (non-hydrogen) atoms. The van der Waals surface area contributed by atoms with Crippen LogP contribution in [0.4, 0.5) is 5.69 Å². The molecule has 1 amide bonds. The molecule has 0 saturated carbocycles. The molecule has 1 N–H and O–H groups in total. The smallest absolute Gasteiger partial charge is 0.342 e. The Balaban J connectivity index is 2.00. The number of anilines is 1. The summed E-state index contributed by atoms with van der Waals surface area (Å²) in [6.07, 6.45) is -0.922. The molecule has 0 bridgehead atoms. The van der Waals surface area contributed by atoms with Crippen molar-refractivity contribution in [3.8, 4) is 5.75 Å². The van der Waals surface area contributed by atoms with Gasteiger partial charge in [-0.2, -0.15) is 0 Å². The number of nitrogens with one attached hydrogen (secondary N) is 1. The molecule has 0 aliphatic heterocycles. The van der Waals surface area contributed by atoms with Crippen molar-refractivity contribution < 1.29 is 19.1 Å². The third kappa shape index (κ3) is 4.32. The molecule has 0 fully saturated rings. The van der Waals surface area contributed by atoms with Crippen molar-refractivity contribution in [2.45, 2.75) is 20.0 Å². The first-order chi connectivity index (χ1) is 11.0. The Morgan fingerprint density at radius 3 is 2.35 bits per heavy atom. The van der Waals surface area contributed by atoms with Crippen LogP contribution in [0.5, 0.6) is 5.75 Å². The molecule has 0 heterocycles. The topological polar surface area (TPSA) is 64.6 Å². The number of amides is 1. The van der Waals surface area contributed by atoms with Crippen LogP contribution in [0.3, 0.4) is 0 Å². The summed E-state index contributed by atoms with van der Waals surface area (Å²) < 4.78 is 10.3. The van der Waals surface area contributed by atoms with E-state index in [1.54, 1.807) is 36.4 Å². The number of hydrogen-bond acceptors (Lipinski definition) is 4. The number of aryl methyl sites for hydroxylation is 1. The lowest BCUT2D eigenvalue weighted by Crippen LogP contribution is -2.30. The van der Waals surface area contributed by atoms with E-state index in [9.17, 15) is 9.59 Å². The first-order valence-electron chi connectivity index (χ1n) is 7.23. The van der Waals surface area contributed by atoms with Crippen LogP contribution in [0.15, 0.2) is 48.5 Å². The van der Waals surface area contributed by atoms with Crippen molar-refractivity contribution in [2.24, 2.45) is 0 Å². The van der Waals surface area contributed by atoms with Gasteiger partial charge in [0.25, 0.3) is 5.91 Å². The SMILES string of the molecule is COc1ccccc1C(=O)O[C@H](C)C(=O)Nc1ccc(C)cc1. The molecule has 0 aliphatic rings. The minimum Gasteiger partial charge on any atom is -0.496 e. The number of carbonyl (C=O) groups is 2. The fraction of sp³-hybridized carbons (Fsp3) is 0.222. The zero-order valence-electron chi connectivity index (χ0n) is 13.3. The van der Waals surface area contributed by atoms with Gasteiger partial charge in [0.2, 0.25) is 0 Å². The highest BCUT2D eigenvalue weighted by Gasteiger charge is 2.21. The number of benzene rings is 2. The second kappa shape index (κ2) is 7.45. The number of hydrogen-bond donors (Lipinski definition) is 1. The highest BCUT2D eigenvalue weighted by molar-refractivity contribution is 5.98. The van der Waals surface area contributed by atoms with Gasteiger partial charge in [-0.05, 0) is 38.1 Å². The van der Waals surface area contributed by atoms with Crippen LogP contribution in [0.25, 0.3) is 0 Å². The minimum atomic E-state index is -0.922. The average Bonchev–Trinajstić information content (AvgIpc) is 2.56. The van der Waals surface area contributed by atoms with Crippen LogP contribution >= 0.6 is 0 Å². The monoisotopic (exact) mass is 313 g/mol. The number of esters is 1. The van der Waals surface area contributed by atoms with E-state index in [2.05, 4.69) is 5.32 Å². The molecule has 2 aromatic carbocycles. The quantitative estimate of drug-likeness (QED) is 0.861. The molecule has 0 aromatic heterocycles. The lowest BCUT2D eigenvalue weighted by molar-refractivity contribution is -0.123. The van der Waals surface area contributed by atoms with Crippen molar-refractivity contribution in [2.75, 3.05) is 12.4 Å². The molecular weight excluding hydrogens is 294 g/mol. The van der Waals surface area contributed by atoms with E-state index >= 15 is 0 Å². The van der Waals surface area contributed by atoms with Crippen LogP contribution in [-0.2, 0) is 9.53 Å². The predicted molar refractivity (Wildman–Crippen MR) is 87.7 cm³/mol. The summed E-state index contributed by atoms with van der Waals surface area (Å²) in [5.41, 5.74) is 2.03. The molecule has 0 unspecified atom stereocenters. The summed E-state index contributed by atoms with van der Waals surface area (Å²) >= 11 is 0. The van der Waals surface area contributed by atoms with Gasteiger partial charge in [0, 0.05) is 5.69 Å². The number of methoxy groups -OCH3 is 1. The van der Waals surface area contributed by atoms with E-state index in [1.165, 1.54) is 14.0 Å². The van der Waals surface area contributed by atoms with Gasteiger partial charge >= 0.3 is 5.97 Å². The van der Waals surface area contributed by atoms with E-state index in [4.69, 9.17) is 9.47 Å².